The fraction of sp³-hybridized carbons (Fsp3) is 0.304. The van der Waals surface area contributed by atoms with Crippen LogP contribution in [0.1, 0.15) is 30.5 Å². The van der Waals surface area contributed by atoms with Crippen LogP contribution in [-0.4, -0.2) is 37.2 Å². The molecular formula is C23H24N2O4. The maximum absolute atomic E-state index is 12.8. The van der Waals surface area contributed by atoms with Gasteiger partial charge in [-0.3, -0.25) is 4.79 Å². The number of nitrogens with zero attached hydrogens (tertiary/aromatic N) is 2. The highest BCUT2D eigenvalue weighted by atomic mass is 16.6. The molecule has 1 heterocycles. The number of carbonyl (C=O) groups excluding carboxylic acids is 1. The molecular weight excluding hydrogens is 368 g/mol. The minimum atomic E-state index is -0.0989. The smallest absolute Gasteiger partial charge is 0.247 e. The van der Waals surface area contributed by atoms with Crippen LogP contribution in [0, 0.1) is 11.3 Å². The van der Waals surface area contributed by atoms with Crippen LogP contribution >= 0.6 is 0 Å². The van der Waals surface area contributed by atoms with Gasteiger partial charge in [0.1, 0.15) is 13.2 Å². The summed E-state index contributed by atoms with van der Waals surface area (Å²) in [6, 6.07) is 13.0. The number of methoxy groups -OCH3 is 1. The summed E-state index contributed by atoms with van der Waals surface area (Å²) in [7, 11) is 1.57. The SMILES string of the molecule is COc1cc(/C=C/C(=O)N(Cc2ccc(C#N)cc2)C(C)C)cc2c1OCCO2. The topological polar surface area (TPSA) is 71.8 Å². The van der Waals surface area contributed by atoms with Gasteiger partial charge in [-0.1, -0.05) is 12.1 Å². The highest BCUT2D eigenvalue weighted by Crippen LogP contribution is 2.40. The van der Waals surface area contributed by atoms with E-state index in [0.717, 1.165) is 11.1 Å². The third-order valence-electron chi connectivity index (χ3n) is 4.61. The first-order chi connectivity index (χ1) is 14.0. The van der Waals surface area contributed by atoms with Crippen molar-refractivity contribution in [1.82, 2.24) is 4.90 Å². The predicted molar refractivity (Wildman–Crippen MR) is 110 cm³/mol. The summed E-state index contributed by atoms with van der Waals surface area (Å²) in [6.45, 7) is 5.38. The zero-order valence-corrected chi connectivity index (χ0v) is 16.8. The fourth-order valence-corrected chi connectivity index (χ4v) is 3.05. The van der Waals surface area contributed by atoms with Gasteiger partial charge in [-0.25, -0.2) is 0 Å². The lowest BCUT2D eigenvalue weighted by atomic mass is 10.1. The number of ether oxygens (including phenoxy) is 3. The minimum Gasteiger partial charge on any atom is -0.493 e. The Kier molecular flexibility index (Phi) is 6.40. The minimum absolute atomic E-state index is 0.0256. The largest absolute Gasteiger partial charge is 0.493 e. The lowest BCUT2D eigenvalue weighted by molar-refractivity contribution is -0.128. The average molecular weight is 392 g/mol. The maximum Gasteiger partial charge on any atom is 0.247 e. The van der Waals surface area contributed by atoms with Crippen molar-refractivity contribution in [3.05, 3.63) is 59.2 Å². The Hall–Kier alpha value is -3.46. The van der Waals surface area contributed by atoms with Crippen molar-refractivity contribution in [3.8, 4) is 23.3 Å². The summed E-state index contributed by atoms with van der Waals surface area (Å²) in [5, 5.41) is 8.93. The quantitative estimate of drug-likeness (QED) is 0.700. The van der Waals surface area contributed by atoms with Crippen LogP contribution in [0.4, 0.5) is 0 Å². The van der Waals surface area contributed by atoms with E-state index in [9.17, 15) is 4.79 Å². The molecule has 3 rings (SSSR count). The van der Waals surface area contributed by atoms with E-state index in [4.69, 9.17) is 19.5 Å². The van der Waals surface area contributed by atoms with Crippen molar-refractivity contribution in [2.45, 2.75) is 26.4 Å². The molecule has 0 radical (unpaired) electrons. The molecule has 6 heteroatoms. The Labute approximate surface area is 170 Å². The zero-order valence-electron chi connectivity index (χ0n) is 16.8. The van der Waals surface area contributed by atoms with Crippen LogP contribution < -0.4 is 14.2 Å². The first-order valence-corrected chi connectivity index (χ1v) is 9.47. The molecule has 1 amide bonds. The van der Waals surface area contributed by atoms with Crippen LogP contribution in [0.25, 0.3) is 6.08 Å². The Morgan fingerprint density at radius 3 is 2.62 bits per heavy atom. The van der Waals surface area contributed by atoms with Crippen molar-refractivity contribution in [2.75, 3.05) is 20.3 Å². The highest BCUT2D eigenvalue weighted by molar-refractivity contribution is 5.92. The molecule has 0 spiro atoms. The molecule has 2 aromatic carbocycles. The summed E-state index contributed by atoms with van der Waals surface area (Å²) in [5.41, 5.74) is 2.37. The number of benzene rings is 2. The Bertz CT molecular complexity index is 925. The van der Waals surface area contributed by atoms with E-state index in [2.05, 4.69) is 6.07 Å². The van der Waals surface area contributed by atoms with E-state index in [1.165, 1.54) is 0 Å². The molecule has 0 unspecified atom stereocenters. The van der Waals surface area contributed by atoms with Gasteiger partial charge in [0.05, 0.1) is 18.7 Å². The summed E-state index contributed by atoms with van der Waals surface area (Å²) >= 11 is 0. The lowest BCUT2D eigenvalue weighted by Gasteiger charge is -2.25. The molecule has 0 atom stereocenters. The second-order valence-electron chi connectivity index (χ2n) is 6.95. The van der Waals surface area contributed by atoms with Gasteiger partial charge in [-0.05, 0) is 55.3 Å². The normalized spacial score (nSPS) is 12.7. The molecule has 1 aliphatic heterocycles. The van der Waals surface area contributed by atoms with E-state index in [1.54, 1.807) is 36.3 Å². The van der Waals surface area contributed by atoms with E-state index in [-0.39, 0.29) is 11.9 Å². The molecule has 0 aromatic heterocycles. The molecule has 2 aromatic rings. The monoisotopic (exact) mass is 392 g/mol. The fourth-order valence-electron chi connectivity index (χ4n) is 3.05. The van der Waals surface area contributed by atoms with Crippen LogP contribution in [0.3, 0.4) is 0 Å². The van der Waals surface area contributed by atoms with Crippen LogP contribution in [0.15, 0.2) is 42.5 Å². The van der Waals surface area contributed by atoms with Crippen LogP contribution in [0.5, 0.6) is 17.2 Å². The third kappa shape index (κ3) is 4.88. The lowest BCUT2D eigenvalue weighted by Crippen LogP contribution is -2.35. The van der Waals surface area contributed by atoms with Crippen LogP contribution in [0.2, 0.25) is 0 Å². The average Bonchev–Trinajstić information content (AvgIpc) is 2.75. The molecule has 1 aliphatic rings. The molecule has 0 fully saturated rings. The Morgan fingerprint density at radius 2 is 1.97 bits per heavy atom. The van der Waals surface area contributed by atoms with Crippen molar-refractivity contribution in [2.24, 2.45) is 0 Å². The van der Waals surface area contributed by atoms with Gasteiger partial charge in [-0.2, -0.15) is 5.26 Å². The van der Waals surface area contributed by atoms with Crippen molar-refractivity contribution in [1.29, 1.82) is 5.26 Å². The first-order valence-electron chi connectivity index (χ1n) is 9.47. The Morgan fingerprint density at radius 1 is 1.24 bits per heavy atom. The van der Waals surface area contributed by atoms with Gasteiger partial charge < -0.3 is 19.1 Å². The van der Waals surface area contributed by atoms with Crippen molar-refractivity contribution >= 4 is 12.0 Å². The summed E-state index contributed by atoms with van der Waals surface area (Å²) in [5.74, 6) is 1.68. The number of fused-ring (bicyclic) bond motifs is 1. The van der Waals surface area contributed by atoms with Gasteiger partial charge in [0.2, 0.25) is 11.7 Å². The highest BCUT2D eigenvalue weighted by Gasteiger charge is 2.19. The molecule has 150 valence electrons. The van der Waals surface area contributed by atoms with Gasteiger partial charge in [0.25, 0.3) is 0 Å². The molecule has 29 heavy (non-hydrogen) atoms. The van der Waals surface area contributed by atoms with Gasteiger partial charge in [0.15, 0.2) is 11.5 Å². The van der Waals surface area contributed by atoms with E-state index in [0.29, 0.717) is 42.6 Å². The molecule has 0 bridgehead atoms. The number of hydrogen-bond donors (Lipinski definition) is 0. The number of rotatable bonds is 6. The van der Waals surface area contributed by atoms with Crippen LogP contribution in [-0.2, 0) is 11.3 Å². The molecule has 0 saturated carbocycles. The summed E-state index contributed by atoms with van der Waals surface area (Å²) in [4.78, 5) is 14.6. The summed E-state index contributed by atoms with van der Waals surface area (Å²) in [6.07, 6.45) is 3.30. The first kappa shape index (κ1) is 20.3. The predicted octanol–water partition coefficient (Wildman–Crippen LogP) is 3.79. The van der Waals surface area contributed by atoms with Gasteiger partial charge >= 0.3 is 0 Å². The van der Waals surface area contributed by atoms with Gasteiger partial charge in [0, 0.05) is 18.7 Å². The maximum atomic E-state index is 12.8. The molecule has 6 nitrogen and oxygen atoms in total. The van der Waals surface area contributed by atoms with Gasteiger partial charge in [-0.15, -0.1) is 0 Å². The molecule has 0 saturated heterocycles. The molecule has 0 N–H and O–H groups in total. The third-order valence-corrected chi connectivity index (χ3v) is 4.61. The molecule has 0 aliphatic carbocycles. The van der Waals surface area contributed by atoms with E-state index >= 15 is 0 Å². The van der Waals surface area contributed by atoms with Crippen molar-refractivity contribution < 1.29 is 19.0 Å². The standard InChI is InChI=1S/C23H24N2O4/c1-16(2)25(15-18-6-4-17(14-24)5-7-18)22(26)9-8-19-12-20(27-3)23-21(13-19)28-10-11-29-23/h4-9,12-13,16H,10-11,15H2,1-3H3/b9-8+. The summed E-state index contributed by atoms with van der Waals surface area (Å²) < 4.78 is 16.6. The number of amides is 1. The van der Waals surface area contributed by atoms with Crippen molar-refractivity contribution in [3.63, 3.8) is 0 Å². The van der Waals surface area contributed by atoms with E-state index in [1.807, 2.05) is 38.1 Å². The number of nitriles is 1. The number of carbonyl (C=O) groups is 1. The zero-order chi connectivity index (χ0) is 20.8. The number of hydrogen-bond acceptors (Lipinski definition) is 5. The van der Waals surface area contributed by atoms with E-state index < -0.39 is 0 Å². The second kappa shape index (κ2) is 9.16. The second-order valence-corrected chi connectivity index (χ2v) is 6.95. The Balaban J connectivity index is 1.77.